The monoisotopic (exact) mass is 579 g/mol. The fourth-order valence-electron chi connectivity index (χ4n) is 5.40. The molecule has 0 saturated heterocycles. The third-order valence-electron chi connectivity index (χ3n) is 8.12. The van der Waals surface area contributed by atoms with Crippen molar-refractivity contribution in [1.82, 2.24) is 0 Å². The van der Waals surface area contributed by atoms with Gasteiger partial charge in [-0.15, -0.1) is 0 Å². The van der Waals surface area contributed by atoms with Crippen molar-refractivity contribution in [2.45, 2.75) is 206 Å². The number of rotatable bonds is 33. The van der Waals surface area contributed by atoms with E-state index >= 15 is 0 Å². The summed E-state index contributed by atoms with van der Waals surface area (Å²) in [6.07, 6.45) is 37.1. The minimum Gasteiger partial charge on any atom is -0.458 e. The quantitative estimate of drug-likeness (QED) is 0.0441. The molecule has 0 bridgehead atoms. The zero-order chi connectivity index (χ0) is 30.1. The molecule has 0 aliphatic carbocycles. The predicted octanol–water partition coefficient (Wildman–Crippen LogP) is 12.3. The summed E-state index contributed by atoms with van der Waals surface area (Å²) in [5, 5.41) is 0. The van der Waals surface area contributed by atoms with Gasteiger partial charge < -0.3 is 9.47 Å². The predicted molar refractivity (Wildman–Crippen MR) is 176 cm³/mol. The first kappa shape index (κ1) is 39.7. The van der Waals surface area contributed by atoms with Gasteiger partial charge in [0.25, 0.3) is 0 Å². The van der Waals surface area contributed by atoms with Gasteiger partial charge in [0.15, 0.2) is 0 Å². The van der Waals surface area contributed by atoms with Crippen LogP contribution in [0, 0.1) is 0 Å². The summed E-state index contributed by atoms with van der Waals surface area (Å²) < 4.78 is 10.5. The third kappa shape index (κ3) is 33.1. The topological polar surface area (TPSA) is 52.6 Å². The molecule has 0 radical (unpaired) electrons. The smallest absolute Gasteiger partial charge is 0.310 e. The van der Waals surface area contributed by atoms with Crippen LogP contribution >= 0.6 is 0 Å². The van der Waals surface area contributed by atoms with Crippen molar-refractivity contribution in [3.63, 3.8) is 0 Å². The van der Waals surface area contributed by atoms with Crippen LogP contribution in [0.2, 0.25) is 0 Å². The summed E-state index contributed by atoms with van der Waals surface area (Å²) in [6.45, 7) is 8.25. The molecule has 0 fully saturated rings. The van der Waals surface area contributed by atoms with Crippen molar-refractivity contribution in [3.05, 3.63) is 12.3 Å². The lowest BCUT2D eigenvalue weighted by Crippen LogP contribution is -2.11. The second-order valence-electron chi connectivity index (χ2n) is 12.4. The van der Waals surface area contributed by atoms with Gasteiger partial charge in [0.2, 0.25) is 0 Å². The first-order valence-electron chi connectivity index (χ1n) is 18.1. The van der Waals surface area contributed by atoms with Crippen molar-refractivity contribution < 1.29 is 19.1 Å². The molecule has 0 heterocycles. The molecule has 4 nitrogen and oxygen atoms in total. The maximum atomic E-state index is 12.0. The largest absolute Gasteiger partial charge is 0.458 e. The number of unbranched alkanes of at least 4 members (excludes halogenated alkanes) is 26. The molecule has 0 rings (SSSR count). The van der Waals surface area contributed by atoms with Crippen molar-refractivity contribution in [1.29, 1.82) is 0 Å². The van der Waals surface area contributed by atoms with E-state index in [0.29, 0.717) is 12.8 Å². The van der Waals surface area contributed by atoms with Crippen LogP contribution in [0.25, 0.3) is 0 Å². The van der Waals surface area contributed by atoms with Gasteiger partial charge in [-0.1, -0.05) is 187 Å². The van der Waals surface area contributed by atoms with Crippen molar-refractivity contribution in [2.75, 3.05) is 6.61 Å². The van der Waals surface area contributed by atoms with E-state index in [9.17, 15) is 9.59 Å². The summed E-state index contributed by atoms with van der Waals surface area (Å²) in [6, 6.07) is 0. The summed E-state index contributed by atoms with van der Waals surface area (Å²) in [5.41, 5.74) is 0. The lowest BCUT2D eigenvalue weighted by atomic mass is 10.0. The Hall–Kier alpha value is -1.32. The first-order chi connectivity index (χ1) is 20.1. The van der Waals surface area contributed by atoms with Crippen LogP contribution in [-0.4, -0.2) is 18.5 Å². The standard InChI is InChI=1S/C37H70O4/c1-4-6-8-10-12-14-16-18-19-21-22-24-26-28-30-32-36(38)40-34-35(3)41-37(39)33-31-29-27-25-23-20-17-15-13-11-9-7-5-2/h3-34H2,1-2H3. The SMILES string of the molecule is C=C(COC(=O)CCCCCCCCCCCCCCCCC)OC(=O)CCCCCCCCCCCCCCC. The molecule has 4 heteroatoms. The molecule has 242 valence electrons. The first-order valence-corrected chi connectivity index (χ1v) is 18.1. The van der Waals surface area contributed by atoms with Crippen LogP contribution in [-0.2, 0) is 19.1 Å². The second kappa shape index (κ2) is 33.2. The Kier molecular flexibility index (Phi) is 32.1. The second-order valence-corrected chi connectivity index (χ2v) is 12.4. The Balaban J connectivity index is 3.40. The van der Waals surface area contributed by atoms with E-state index in [-0.39, 0.29) is 24.3 Å². The molecule has 0 aliphatic heterocycles. The zero-order valence-electron chi connectivity index (χ0n) is 27.8. The van der Waals surface area contributed by atoms with Crippen molar-refractivity contribution in [3.8, 4) is 0 Å². The molecule has 0 aliphatic rings. The molecule has 0 saturated carbocycles. The van der Waals surface area contributed by atoms with Crippen LogP contribution in [0.3, 0.4) is 0 Å². The van der Waals surface area contributed by atoms with Gasteiger partial charge >= 0.3 is 11.9 Å². The molecule has 0 aromatic rings. The highest BCUT2D eigenvalue weighted by molar-refractivity contribution is 5.71. The summed E-state index contributed by atoms with van der Waals surface area (Å²) in [7, 11) is 0. The maximum Gasteiger partial charge on any atom is 0.310 e. The fourth-order valence-corrected chi connectivity index (χ4v) is 5.40. The fraction of sp³-hybridized carbons (Fsp3) is 0.892. The van der Waals surface area contributed by atoms with Crippen LogP contribution in [0.4, 0.5) is 0 Å². The van der Waals surface area contributed by atoms with E-state index in [0.717, 1.165) is 25.7 Å². The number of esters is 2. The van der Waals surface area contributed by atoms with Gasteiger partial charge in [-0.25, -0.2) is 0 Å². The van der Waals surface area contributed by atoms with E-state index in [2.05, 4.69) is 20.4 Å². The average molecular weight is 579 g/mol. The van der Waals surface area contributed by atoms with Crippen molar-refractivity contribution >= 4 is 11.9 Å². The van der Waals surface area contributed by atoms with Gasteiger partial charge in [-0.05, 0) is 12.8 Å². The van der Waals surface area contributed by atoms with Crippen LogP contribution in [0.15, 0.2) is 12.3 Å². The zero-order valence-corrected chi connectivity index (χ0v) is 27.8. The molecular formula is C37H70O4. The molecule has 0 aromatic heterocycles. The molecule has 0 unspecified atom stereocenters. The molecule has 41 heavy (non-hydrogen) atoms. The van der Waals surface area contributed by atoms with Crippen LogP contribution < -0.4 is 0 Å². The Morgan fingerprint density at radius 1 is 0.415 bits per heavy atom. The lowest BCUT2D eigenvalue weighted by molar-refractivity contribution is -0.147. The van der Waals surface area contributed by atoms with Gasteiger partial charge in [0, 0.05) is 12.8 Å². The number of carbonyl (C=O) groups is 2. The van der Waals surface area contributed by atoms with E-state index in [1.807, 2.05) is 0 Å². The third-order valence-corrected chi connectivity index (χ3v) is 8.12. The summed E-state index contributed by atoms with van der Waals surface area (Å²) in [4.78, 5) is 24.0. The number of hydrogen-bond donors (Lipinski definition) is 0. The molecule has 0 atom stereocenters. The average Bonchev–Trinajstić information content (AvgIpc) is 2.96. The Bertz CT molecular complexity index is 585. The van der Waals surface area contributed by atoms with E-state index < -0.39 is 0 Å². The van der Waals surface area contributed by atoms with E-state index in [4.69, 9.17) is 9.47 Å². The molecular weight excluding hydrogens is 508 g/mol. The molecule has 0 N–H and O–H groups in total. The minimum atomic E-state index is -0.267. The Morgan fingerprint density at radius 2 is 0.683 bits per heavy atom. The molecule has 0 aromatic carbocycles. The minimum absolute atomic E-state index is 0.0259. The number of hydrogen-bond acceptors (Lipinski definition) is 4. The van der Waals surface area contributed by atoms with E-state index in [1.54, 1.807) is 0 Å². The highest BCUT2D eigenvalue weighted by Crippen LogP contribution is 2.15. The summed E-state index contributed by atoms with van der Waals surface area (Å²) >= 11 is 0. The van der Waals surface area contributed by atoms with Gasteiger partial charge in [0.05, 0.1) is 0 Å². The Labute approximate surface area is 256 Å². The van der Waals surface area contributed by atoms with Gasteiger partial charge in [0.1, 0.15) is 12.4 Å². The van der Waals surface area contributed by atoms with Crippen LogP contribution in [0.5, 0.6) is 0 Å². The van der Waals surface area contributed by atoms with Crippen molar-refractivity contribution in [2.24, 2.45) is 0 Å². The normalized spacial score (nSPS) is 11.1. The van der Waals surface area contributed by atoms with Gasteiger partial charge in [-0.3, -0.25) is 9.59 Å². The lowest BCUT2D eigenvalue weighted by Gasteiger charge is -2.09. The van der Waals surface area contributed by atoms with Crippen LogP contribution in [0.1, 0.15) is 206 Å². The number of ether oxygens (including phenoxy) is 2. The Morgan fingerprint density at radius 3 is 1.00 bits per heavy atom. The van der Waals surface area contributed by atoms with Gasteiger partial charge in [-0.2, -0.15) is 0 Å². The molecule has 0 amide bonds. The number of carbonyl (C=O) groups excluding carboxylic acids is 2. The van der Waals surface area contributed by atoms with E-state index in [1.165, 1.54) is 154 Å². The summed E-state index contributed by atoms with van der Waals surface area (Å²) in [5.74, 6) is -0.264. The highest BCUT2D eigenvalue weighted by atomic mass is 16.6. The molecule has 0 spiro atoms. The maximum absolute atomic E-state index is 12.0. The highest BCUT2D eigenvalue weighted by Gasteiger charge is 2.09.